The van der Waals surface area contributed by atoms with E-state index in [-0.39, 0.29) is 0 Å². The molecule has 3 heteroatoms. The van der Waals surface area contributed by atoms with Gasteiger partial charge in [-0.15, -0.1) is 0 Å². The van der Waals surface area contributed by atoms with Crippen molar-refractivity contribution in [1.82, 2.24) is 5.32 Å². The molecule has 0 saturated heterocycles. The van der Waals surface area contributed by atoms with Crippen molar-refractivity contribution in [2.45, 2.75) is 64.2 Å². The molecule has 0 rings (SSSR count). The number of rotatable bonds is 14. The van der Waals surface area contributed by atoms with Crippen LogP contribution in [-0.4, -0.2) is 26.2 Å². The summed E-state index contributed by atoms with van der Waals surface area (Å²) >= 11 is 0. The number of nitrogens with one attached hydrogen (secondary N) is 1. The van der Waals surface area contributed by atoms with Gasteiger partial charge in [0.25, 0.3) is 0 Å². The highest BCUT2D eigenvalue weighted by atomic mass is 14.8. The first kappa shape index (κ1) is 16.9. The number of unbranched alkanes of at least 4 members (excludes halogenated alkanes) is 8. The van der Waals surface area contributed by atoms with Gasteiger partial charge >= 0.3 is 0 Å². The molecule has 0 aromatic carbocycles. The van der Waals surface area contributed by atoms with Crippen molar-refractivity contribution >= 4 is 0 Å². The predicted octanol–water partition coefficient (Wildman–Crippen LogP) is 2.39. The molecule has 0 fully saturated rings. The van der Waals surface area contributed by atoms with Gasteiger partial charge in [-0.1, -0.05) is 44.9 Å². The number of nitrogens with two attached hydrogens (primary N) is 2. The number of hydrogen-bond donors (Lipinski definition) is 3. The van der Waals surface area contributed by atoms with Crippen molar-refractivity contribution in [2.75, 3.05) is 26.2 Å². The van der Waals surface area contributed by atoms with Gasteiger partial charge in [-0.3, -0.25) is 0 Å². The van der Waals surface area contributed by atoms with E-state index in [1.165, 1.54) is 57.8 Å². The maximum absolute atomic E-state index is 5.45. The van der Waals surface area contributed by atoms with Crippen LogP contribution in [0.1, 0.15) is 64.2 Å². The molecule has 17 heavy (non-hydrogen) atoms. The maximum atomic E-state index is 5.45. The van der Waals surface area contributed by atoms with Gasteiger partial charge in [-0.25, -0.2) is 0 Å². The van der Waals surface area contributed by atoms with Crippen LogP contribution >= 0.6 is 0 Å². The van der Waals surface area contributed by atoms with Crippen LogP contribution in [0.25, 0.3) is 0 Å². The van der Waals surface area contributed by atoms with Crippen LogP contribution in [-0.2, 0) is 0 Å². The molecule has 0 heterocycles. The Balaban J connectivity index is 2.85. The van der Waals surface area contributed by atoms with Gasteiger partial charge < -0.3 is 16.8 Å². The fourth-order valence-corrected chi connectivity index (χ4v) is 1.98. The Labute approximate surface area is 108 Å². The summed E-state index contributed by atoms with van der Waals surface area (Å²) in [5, 5.41) is 3.42. The third kappa shape index (κ3) is 15.9. The molecule has 5 N–H and O–H groups in total. The van der Waals surface area contributed by atoms with Crippen LogP contribution < -0.4 is 16.8 Å². The van der Waals surface area contributed by atoms with Gasteiger partial charge in [-0.05, 0) is 45.4 Å². The van der Waals surface area contributed by atoms with Crippen LogP contribution in [0.2, 0.25) is 0 Å². The van der Waals surface area contributed by atoms with Gasteiger partial charge in [-0.2, -0.15) is 0 Å². The second-order valence-electron chi connectivity index (χ2n) is 4.86. The summed E-state index contributed by atoms with van der Waals surface area (Å²) < 4.78 is 0. The van der Waals surface area contributed by atoms with Crippen LogP contribution in [0.15, 0.2) is 0 Å². The molecule has 0 amide bonds. The molecule has 0 radical (unpaired) electrons. The van der Waals surface area contributed by atoms with Crippen molar-refractivity contribution < 1.29 is 0 Å². The zero-order valence-corrected chi connectivity index (χ0v) is 11.6. The summed E-state index contributed by atoms with van der Waals surface area (Å²) in [6.45, 7) is 3.91. The topological polar surface area (TPSA) is 64.1 Å². The van der Waals surface area contributed by atoms with Gasteiger partial charge in [0.05, 0.1) is 0 Å². The van der Waals surface area contributed by atoms with E-state index >= 15 is 0 Å². The minimum Gasteiger partial charge on any atom is -0.330 e. The molecule has 3 nitrogen and oxygen atoms in total. The Bertz CT molecular complexity index is 115. The minimum absolute atomic E-state index is 0.803. The Hall–Kier alpha value is -0.120. The van der Waals surface area contributed by atoms with Gasteiger partial charge in [0, 0.05) is 0 Å². The van der Waals surface area contributed by atoms with Crippen molar-refractivity contribution in [3.05, 3.63) is 0 Å². The maximum Gasteiger partial charge on any atom is -0.00369 e. The SMILES string of the molecule is NCCCCCCCCCCCNCCCN. The van der Waals surface area contributed by atoms with Gasteiger partial charge in [0.1, 0.15) is 0 Å². The minimum atomic E-state index is 0.803. The molecule has 0 spiro atoms. The van der Waals surface area contributed by atoms with Crippen LogP contribution in [0, 0.1) is 0 Å². The Morgan fingerprint density at radius 1 is 0.471 bits per heavy atom. The van der Waals surface area contributed by atoms with Gasteiger partial charge in [0.2, 0.25) is 0 Å². The molecule has 0 bridgehead atoms. The first-order chi connectivity index (χ1) is 8.41. The Morgan fingerprint density at radius 3 is 1.41 bits per heavy atom. The number of hydrogen-bond acceptors (Lipinski definition) is 3. The zero-order valence-electron chi connectivity index (χ0n) is 11.6. The lowest BCUT2D eigenvalue weighted by atomic mass is 10.1. The molecule has 0 aromatic rings. The molecule has 0 saturated carbocycles. The molecule has 0 aromatic heterocycles. The first-order valence-corrected chi connectivity index (χ1v) is 7.52. The van der Waals surface area contributed by atoms with E-state index in [9.17, 15) is 0 Å². The lowest BCUT2D eigenvalue weighted by Gasteiger charge is -2.04. The molecular formula is C14H33N3. The van der Waals surface area contributed by atoms with Crippen LogP contribution in [0.4, 0.5) is 0 Å². The van der Waals surface area contributed by atoms with E-state index in [0.29, 0.717) is 0 Å². The van der Waals surface area contributed by atoms with Crippen molar-refractivity contribution in [1.29, 1.82) is 0 Å². The average molecular weight is 243 g/mol. The highest BCUT2D eigenvalue weighted by Crippen LogP contribution is 2.08. The smallest absolute Gasteiger partial charge is 0.00369 e. The van der Waals surface area contributed by atoms with E-state index in [1.807, 2.05) is 0 Å². The fraction of sp³-hybridized carbons (Fsp3) is 1.00. The largest absolute Gasteiger partial charge is 0.330 e. The monoisotopic (exact) mass is 243 g/mol. The van der Waals surface area contributed by atoms with E-state index in [2.05, 4.69) is 5.32 Å². The summed E-state index contributed by atoms with van der Waals surface area (Å²) in [5.41, 5.74) is 10.9. The summed E-state index contributed by atoms with van der Waals surface area (Å²) in [7, 11) is 0. The summed E-state index contributed by atoms with van der Waals surface area (Å²) in [6.07, 6.45) is 13.3. The van der Waals surface area contributed by atoms with Crippen molar-refractivity contribution in [3.8, 4) is 0 Å². The first-order valence-electron chi connectivity index (χ1n) is 7.52. The van der Waals surface area contributed by atoms with Crippen LogP contribution in [0.3, 0.4) is 0 Å². The lowest BCUT2D eigenvalue weighted by molar-refractivity contribution is 0.544. The normalized spacial score (nSPS) is 10.9. The Morgan fingerprint density at radius 2 is 0.882 bits per heavy atom. The molecule has 0 aliphatic heterocycles. The van der Waals surface area contributed by atoms with Crippen molar-refractivity contribution in [3.63, 3.8) is 0 Å². The average Bonchev–Trinajstić information content (AvgIpc) is 2.35. The molecule has 104 valence electrons. The lowest BCUT2D eigenvalue weighted by Crippen LogP contribution is -2.19. The Kier molecular flexibility index (Phi) is 15.8. The summed E-state index contributed by atoms with van der Waals surface area (Å²) in [4.78, 5) is 0. The van der Waals surface area contributed by atoms with E-state index in [4.69, 9.17) is 11.5 Å². The predicted molar refractivity (Wildman–Crippen MR) is 77.1 cm³/mol. The second kappa shape index (κ2) is 15.9. The highest BCUT2D eigenvalue weighted by molar-refractivity contribution is 4.51. The molecule has 0 atom stereocenters. The molecule has 0 aliphatic carbocycles. The van der Waals surface area contributed by atoms with E-state index < -0.39 is 0 Å². The second-order valence-corrected chi connectivity index (χ2v) is 4.86. The third-order valence-electron chi connectivity index (χ3n) is 3.12. The molecular weight excluding hydrogens is 210 g/mol. The standard InChI is InChI=1S/C14H33N3/c15-11-8-6-4-2-1-3-5-7-9-13-17-14-10-12-16/h17H,1-16H2. The van der Waals surface area contributed by atoms with E-state index in [0.717, 1.165) is 32.6 Å². The van der Waals surface area contributed by atoms with E-state index in [1.54, 1.807) is 0 Å². The quantitative estimate of drug-likeness (QED) is 0.410. The van der Waals surface area contributed by atoms with Crippen LogP contribution in [0.5, 0.6) is 0 Å². The highest BCUT2D eigenvalue weighted by Gasteiger charge is 1.92. The summed E-state index contributed by atoms with van der Waals surface area (Å²) in [5.74, 6) is 0. The summed E-state index contributed by atoms with van der Waals surface area (Å²) in [6, 6.07) is 0. The molecule has 0 unspecified atom stereocenters. The molecule has 0 aliphatic rings. The third-order valence-corrected chi connectivity index (χ3v) is 3.12. The van der Waals surface area contributed by atoms with Gasteiger partial charge in [0.15, 0.2) is 0 Å². The fourth-order valence-electron chi connectivity index (χ4n) is 1.98. The van der Waals surface area contributed by atoms with Crippen molar-refractivity contribution in [2.24, 2.45) is 11.5 Å². The zero-order chi connectivity index (χ0) is 12.6.